The van der Waals surface area contributed by atoms with Gasteiger partial charge in [0, 0.05) is 18.4 Å². The number of alkyl halides is 1. The standard InChI is InChI=1S/C13H14ClFN2O2S/c1-2-17(12-5-3-10(15)4-6-12)20(18,19)13-7-11(8-14)16-9-13/h3-7,9,16H,2,8H2,1H3. The van der Waals surface area contributed by atoms with E-state index in [-0.39, 0.29) is 17.3 Å². The zero-order valence-corrected chi connectivity index (χ0v) is 12.4. The molecule has 0 fully saturated rings. The molecule has 0 atom stereocenters. The summed E-state index contributed by atoms with van der Waals surface area (Å²) in [5, 5.41) is 0. The van der Waals surface area contributed by atoms with Gasteiger partial charge in [0.05, 0.1) is 11.6 Å². The van der Waals surface area contributed by atoms with Crippen molar-refractivity contribution in [2.45, 2.75) is 17.7 Å². The van der Waals surface area contributed by atoms with E-state index in [1.54, 1.807) is 6.92 Å². The van der Waals surface area contributed by atoms with E-state index in [2.05, 4.69) is 4.98 Å². The van der Waals surface area contributed by atoms with Crippen LogP contribution >= 0.6 is 11.6 Å². The Kier molecular flexibility index (Phi) is 4.35. The van der Waals surface area contributed by atoms with Crippen molar-refractivity contribution in [2.75, 3.05) is 10.8 Å². The summed E-state index contributed by atoms with van der Waals surface area (Å²) in [6.07, 6.45) is 1.40. The fourth-order valence-corrected chi connectivity index (χ4v) is 3.52. The van der Waals surface area contributed by atoms with Gasteiger partial charge in [0.2, 0.25) is 0 Å². The molecule has 4 nitrogen and oxygen atoms in total. The number of aromatic amines is 1. The van der Waals surface area contributed by atoms with Crippen LogP contribution in [0.4, 0.5) is 10.1 Å². The van der Waals surface area contributed by atoms with E-state index in [1.807, 2.05) is 0 Å². The molecular formula is C13H14ClFN2O2S. The highest BCUT2D eigenvalue weighted by Crippen LogP contribution is 2.24. The first-order chi connectivity index (χ1) is 9.48. The number of nitrogens with one attached hydrogen (secondary N) is 1. The lowest BCUT2D eigenvalue weighted by molar-refractivity contribution is 0.591. The van der Waals surface area contributed by atoms with Crippen molar-refractivity contribution >= 4 is 27.3 Å². The number of nitrogens with zero attached hydrogens (tertiary/aromatic N) is 1. The van der Waals surface area contributed by atoms with Crippen molar-refractivity contribution in [1.82, 2.24) is 4.98 Å². The van der Waals surface area contributed by atoms with Crippen molar-refractivity contribution in [3.63, 3.8) is 0 Å². The molecule has 0 saturated heterocycles. The average Bonchev–Trinajstić information content (AvgIpc) is 2.91. The molecule has 0 spiro atoms. The maximum Gasteiger partial charge on any atom is 0.265 e. The predicted octanol–water partition coefficient (Wildman–Crippen LogP) is 3.11. The molecule has 0 saturated carbocycles. The highest BCUT2D eigenvalue weighted by Gasteiger charge is 2.24. The summed E-state index contributed by atoms with van der Waals surface area (Å²) in [6.45, 7) is 1.96. The van der Waals surface area contributed by atoms with Gasteiger partial charge >= 0.3 is 0 Å². The molecule has 7 heteroatoms. The van der Waals surface area contributed by atoms with Crippen LogP contribution in [0.25, 0.3) is 0 Å². The number of benzene rings is 1. The first kappa shape index (κ1) is 14.9. The number of hydrogen-bond acceptors (Lipinski definition) is 2. The first-order valence-corrected chi connectivity index (χ1v) is 7.98. The monoisotopic (exact) mass is 316 g/mol. The van der Waals surface area contributed by atoms with Crippen LogP contribution in [-0.2, 0) is 15.9 Å². The minimum atomic E-state index is -3.69. The Labute approximate surface area is 122 Å². The lowest BCUT2D eigenvalue weighted by Gasteiger charge is -2.22. The molecule has 0 radical (unpaired) electrons. The van der Waals surface area contributed by atoms with E-state index in [1.165, 1.54) is 40.8 Å². The maximum absolute atomic E-state index is 12.9. The van der Waals surface area contributed by atoms with Gasteiger partial charge < -0.3 is 4.98 Å². The zero-order valence-electron chi connectivity index (χ0n) is 10.8. The first-order valence-electron chi connectivity index (χ1n) is 6.00. The van der Waals surface area contributed by atoms with Gasteiger partial charge in [0.1, 0.15) is 10.7 Å². The summed E-state index contributed by atoms with van der Waals surface area (Å²) < 4.78 is 39.2. The molecule has 1 aromatic heterocycles. The van der Waals surface area contributed by atoms with Gasteiger partial charge in [-0.05, 0) is 37.3 Å². The minimum absolute atomic E-state index is 0.138. The highest BCUT2D eigenvalue weighted by molar-refractivity contribution is 7.92. The van der Waals surface area contributed by atoms with Crippen molar-refractivity contribution in [2.24, 2.45) is 0 Å². The summed E-state index contributed by atoms with van der Waals surface area (Å²) >= 11 is 5.66. The highest BCUT2D eigenvalue weighted by atomic mass is 35.5. The third-order valence-electron chi connectivity index (χ3n) is 2.85. The van der Waals surface area contributed by atoms with E-state index >= 15 is 0 Å². The Bertz CT molecular complexity index is 683. The van der Waals surface area contributed by atoms with Gasteiger partial charge in [-0.15, -0.1) is 11.6 Å². The van der Waals surface area contributed by atoms with Gasteiger partial charge in [-0.2, -0.15) is 0 Å². The number of H-pyrrole nitrogens is 1. The minimum Gasteiger partial charge on any atom is -0.363 e. The zero-order chi connectivity index (χ0) is 14.8. The van der Waals surface area contributed by atoms with Crippen molar-refractivity contribution in [3.05, 3.63) is 48.0 Å². The molecule has 20 heavy (non-hydrogen) atoms. The number of halogens is 2. The van der Waals surface area contributed by atoms with Gasteiger partial charge in [-0.3, -0.25) is 4.31 Å². The molecule has 108 valence electrons. The molecule has 1 N–H and O–H groups in total. The smallest absolute Gasteiger partial charge is 0.265 e. The van der Waals surface area contributed by atoms with Crippen LogP contribution in [0.1, 0.15) is 12.6 Å². The van der Waals surface area contributed by atoms with Crippen LogP contribution in [0.2, 0.25) is 0 Å². The van der Waals surface area contributed by atoms with Crippen LogP contribution in [0, 0.1) is 5.82 Å². The molecule has 2 rings (SSSR count). The number of anilines is 1. The third kappa shape index (κ3) is 2.81. The molecule has 0 aliphatic rings. The van der Waals surface area contributed by atoms with Gasteiger partial charge in [0.15, 0.2) is 0 Å². The van der Waals surface area contributed by atoms with Gasteiger partial charge in [-0.1, -0.05) is 0 Å². The summed E-state index contributed by atoms with van der Waals surface area (Å²) in [5.74, 6) is -0.202. The second-order valence-corrected chi connectivity index (χ2v) is 6.27. The van der Waals surface area contributed by atoms with Crippen LogP contribution in [-0.4, -0.2) is 19.9 Å². The summed E-state index contributed by atoms with van der Waals surface area (Å²) in [4.78, 5) is 2.94. The van der Waals surface area contributed by atoms with E-state index < -0.39 is 15.8 Å². The predicted molar refractivity (Wildman–Crippen MR) is 77.0 cm³/mol. The Hall–Kier alpha value is -1.53. The van der Waals surface area contributed by atoms with E-state index in [0.29, 0.717) is 11.4 Å². The molecule has 0 aliphatic carbocycles. The largest absolute Gasteiger partial charge is 0.363 e. The Morgan fingerprint density at radius 1 is 1.30 bits per heavy atom. The molecule has 0 bridgehead atoms. The molecule has 0 aliphatic heterocycles. The molecule has 1 aromatic carbocycles. The Morgan fingerprint density at radius 2 is 1.95 bits per heavy atom. The quantitative estimate of drug-likeness (QED) is 0.862. The fourth-order valence-electron chi connectivity index (χ4n) is 1.87. The SMILES string of the molecule is CCN(c1ccc(F)cc1)S(=O)(=O)c1c[nH]c(CCl)c1. The fraction of sp³-hybridized carbons (Fsp3) is 0.231. The average molecular weight is 317 g/mol. The molecule has 0 unspecified atom stereocenters. The van der Waals surface area contributed by atoms with E-state index in [4.69, 9.17) is 11.6 Å². The number of aromatic nitrogens is 1. The molecular weight excluding hydrogens is 303 g/mol. The third-order valence-corrected chi connectivity index (χ3v) is 5.02. The Balaban J connectivity index is 2.41. The van der Waals surface area contributed by atoms with Crippen LogP contribution in [0.3, 0.4) is 0 Å². The maximum atomic E-state index is 12.9. The number of hydrogen-bond donors (Lipinski definition) is 1. The summed E-state index contributed by atoms with van der Waals surface area (Å²) in [5.41, 5.74) is 1.04. The number of rotatable bonds is 5. The van der Waals surface area contributed by atoms with Crippen LogP contribution < -0.4 is 4.31 Å². The lowest BCUT2D eigenvalue weighted by atomic mass is 10.3. The molecule has 1 heterocycles. The molecule has 0 amide bonds. The summed E-state index contributed by atoms with van der Waals surface area (Å²) in [7, 11) is -3.69. The lowest BCUT2D eigenvalue weighted by Crippen LogP contribution is -2.30. The van der Waals surface area contributed by atoms with Crippen molar-refractivity contribution in [3.8, 4) is 0 Å². The van der Waals surface area contributed by atoms with Crippen molar-refractivity contribution < 1.29 is 12.8 Å². The van der Waals surface area contributed by atoms with Crippen LogP contribution in [0.15, 0.2) is 41.4 Å². The van der Waals surface area contributed by atoms with Crippen LogP contribution in [0.5, 0.6) is 0 Å². The normalized spacial score (nSPS) is 11.6. The second-order valence-electron chi connectivity index (χ2n) is 4.14. The Morgan fingerprint density at radius 3 is 2.45 bits per heavy atom. The summed E-state index contributed by atoms with van der Waals surface area (Å²) in [6, 6.07) is 6.83. The van der Waals surface area contributed by atoms with Crippen molar-refractivity contribution in [1.29, 1.82) is 0 Å². The van der Waals surface area contributed by atoms with Gasteiger partial charge in [-0.25, -0.2) is 12.8 Å². The second kappa shape index (κ2) is 5.85. The molecule has 2 aromatic rings. The number of sulfonamides is 1. The van der Waals surface area contributed by atoms with Gasteiger partial charge in [0.25, 0.3) is 10.0 Å². The topological polar surface area (TPSA) is 53.2 Å². The van der Waals surface area contributed by atoms with E-state index in [0.717, 1.165) is 0 Å². The van der Waals surface area contributed by atoms with E-state index in [9.17, 15) is 12.8 Å².